The minimum Gasteiger partial charge on any atom is -0.319 e. The van der Waals surface area contributed by atoms with Gasteiger partial charge in [-0.3, -0.25) is 0 Å². The van der Waals surface area contributed by atoms with Gasteiger partial charge in [0.2, 0.25) is 0 Å². The summed E-state index contributed by atoms with van der Waals surface area (Å²) in [6.45, 7) is 3.32. The molecule has 1 atom stereocenters. The molecule has 0 saturated carbocycles. The van der Waals surface area contributed by atoms with Crippen molar-refractivity contribution in [3.63, 3.8) is 0 Å². The SMILES string of the molecule is CNCCc1ccc(C2CCN(C)C2)c(Cl)c1. The first kappa shape index (κ1) is 12.9. The molecule has 0 spiro atoms. The fraction of sp³-hybridized carbons (Fsp3) is 0.571. The number of halogens is 1. The monoisotopic (exact) mass is 252 g/mol. The highest BCUT2D eigenvalue weighted by molar-refractivity contribution is 6.31. The van der Waals surface area contributed by atoms with Gasteiger partial charge in [-0.2, -0.15) is 0 Å². The quantitative estimate of drug-likeness (QED) is 0.886. The summed E-state index contributed by atoms with van der Waals surface area (Å²) in [6, 6.07) is 6.57. The second-order valence-corrected chi connectivity index (χ2v) is 5.36. The summed E-state index contributed by atoms with van der Waals surface area (Å²) >= 11 is 6.40. The van der Waals surface area contributed by atoms with E-state index in [1.165, 1.54) is 24.1 Å². The zero-order valence-corrected chi connectivity index (χ0v) is 11.4. The van der Waals surface area contributed by atoms with Crippen LogP contribution in [0.1, 0.15) is 23.5 Å². The number of benzene rings is 1. The fourth-order valence-electron chi connectivity index (χ4n) is 2.52. The van der Waals surface area contributed by atoms with Crippen LogP contribution in [0.5, 0.6) is 0 Å². The molecule has 3 heteroatoms. The van der Waals surface area contributed by atoms with Gasteiger partial charge in [0.15, 0.2) is 0 Å². The molecule has 0 amide bonds. The van der Waals surface area contributed by atoms with Gasteiger partial charge >= 0.3 is 0 Å². The lowest BCUT2D eigenvalue weighted by atomic mass is 9.96. The van der Waals surface area contributed by atoms with Gasteiger partial charge in [0.25, 0.3) is 0 Å². The molecule has 1 unspecified atom stereocenters. The van der Waals surface area contributed by atoms with Crippen molar-refractivity contribution >= 4 is 11.6 Å². The maximum atomic E-state index is 6.40. The summed E-state index contributed by atoms with van der Waals surface area (Å²) in [7, 11) is 4.15. The smallest absolute Gasteiger partial charge is 0.0444 e. The molecule has 17 heavy (non-hydrogen) atoms. The van der Waals surface area contributed by atoms with Gasteiger partial charge < -0.3 is 10.2 Å². The van der Waals surface area contributed by atoms with E-state index in [1.54, 1.807) is 0 Å². The molecule has 2 rings (SSSR count). The van der Waals surface area contributed by atoms with Crippen LogP contribution in [0.3, 0.4) is 0 Å². The standard InChI is InChI=1S/C14H21ClN2/c1-16-7-5-11-3-4-13(14(15)9-11)12-6-8-17(2)10-12/h3-4,9,12,16H,5-8,10H2,1-2H3. The first-order chi connectivity index (χ1) is 8.20. The summed E-state index contributed by atoms with van der Waals surface area (Å²) in [5.41, 5.74) is 2.64. The first-order valence-electron chi connectivity index (χ1n) is 6.32. The maximum absolute atomic E-state index is 6.40. The summed E-state index contributed by atoms with van der Waals surface area (Å²) in [6.07, 6.45) is 2.27. The molecule has 0 aromatic heterocycles. The van der Waals surface area contributed by atoms with Gasteiger partial charge in [-0.1, -0.05) is 23.7 Å². The van der Waals surface area contributed by atoms with Crippen molar-refractivity contribution in [1.29, 1.82) is 0 Å². The van der Waals surface area contributed by atoms with E-state index in [1.807, 2.05) is 7.05 Å². The van der Waals surface area contributed by atoms with Crippen LogP contribution >= 0.6 is 11.6 Å². The van der Waals surface area contributed by atoms with Gasteiger partial charge in [-0.25, -0.2) is 0 Å². The highest BCUT2D eigenvalue weighted by Crippen LogP contribution is 2.32. The predicted molar refractivity (Wildman–Crippen MR) is 73.9 cm³/mol. The van der Waals surface area contributed by atoms with E-state index in [-0.39, 0.29) is 0 Å². The van der Waals surface area contributed by atoms with Crippen molar-refractivity contribution in [1.82, 2.24) is 10.2 Å². The Balaban J connectivity index is 2.08. The van der Waals surface area contributed by atoms with Crippen molar-refractivity contribution in [2.75, 3.05) is 33.7 Å². The molecule has 94 valence electrons. The molecular weight excluding hydrogens is 232 g/mol. The molecule has 0 radical (unpaired) electrons. The normalized spacial score (nSPS) is 21.0. The Kier molecular flexibility index (Phi) is 4.43. The number of nitrogens with one attached hydrogen (secondary N) is 1. The highest BCUT2D eigenvalue weighted by atomic mass is 35.5. The fourth-order valence-corrected chi connectivity index (χ4v) is 2.87. The maximum Gasteiger partial charge on any atom is 0.0444 e. The van der Waals surface area contributed by atoms with E-state index in [4.69, 9.17) is 11.6 Å². The lowest BCUT2D eigenvalue weighted by Crippen LogP contribution is -2.13. The van der Waals surface area contributed by atoms with Gasteiger partial charge in [-0.15, -0.1) is 0 Å². The van der Waals surface area contributed by atoms with E-state index < -0.39 is 0 Å². The number of likely N-dealkylation sites (N-methyl/N-ethyl adjacent to an activating group) is 2. The Bertz CT molecular complexity index is 378. The topological polar surface area (TPSA) is 15.3 Å². The molecule has 1 aromatic rings. The second kappa shape index (κ2) is 5.85. The van der Waals surface area contributed by atoms with E-state index in [2.05, 4.69) is 35.5 Å². The zero-order valence-electron chi connectivity index (χ0n) is 10.7. The van der Waals surface area contributed by atoms with Crippen molar-refractivity contribution in [2.24, 2.45) is 0 Å². The van der Waals surface area contributed by atoms with Crippen molar-refractivity contribution < 1.29 is 0 Å². The van der Waals surface area contributed by atoms with Crippen LogP contribution in [0.2, 0.25) is 5.02 Å². The zero-order chi connectivity index (χ0) is 12.3. The molecule has 1 aliphatic heterocycles. The number of hydrogen-bond acceptors (Lipinski definition) is 2. The third-order valence-electron chi connectivity index (χ3n) is 3.56. The second-order valence-electron chi connectivity index (χ2n) is 4.96. The molecule has 1 aliphatic rings. The van der Waals surface area contributed by atoms with Crippen LogP contribution in [0.4, 0.5) is 0 Å². The number of rotatable bonds is 4. The van der Waals surface area contributed by atoms with Crippen LogP contribution < -0.4 is 5.32 Å². The Labute approximate surface area is 109 Å². The van der Waals surface area contributed by atoms with Gasteiger partial charge in [0.1, 0.15) is 0 Å². The molecule has 0 aliphatic carbocycles. The van der Waals surface area contributed by atoms with Crippen LogP contribution in [0.15, 0.2) is 18.2 Å². The van der Waals surface area contributed by atoms with Crippen molar-refractivity contribution in [2.45, 2.75) is 18.8 Å². The summed E-state index contributed by atoms with van der Waals surface area (Å²) in [5, 5.41) is 4.10. The van der Waals surface area contributed by atoms with Crippen LogP contribution in [-0.2, 0) is 6.42 Å². The molecular formula is C14H21ClN2. The predicted octanol–water partition coefficient (Wildman–Crippen LogP) is 2.52. The number of likely N-dealkylation sites (tertiary alicyclic amines) is 1. The van der Waals surface area contributed by atoms with Crippen LogP contribution in [0.25, 0.3) is 0 Å². The number of nitrogens with zero attached hydrogens (tertiary/aromatic N) is 1. The molecule has 1 heterocycles. The van der Waals surface area contributed by atoms with Crippen molar-refractivity contribution in [3.8, 4) is 0 Å². The third-order valence-corrected chi connectivity index (χ3v) is 3.89. The average molecular weight is 253 g/mol. The molecule has 1 fully saturated rings. The Morgan fingerprint density at radius 3 is 2.88 bits per heavy atom. The summed E-state index contributed by atoms with van der Waals surface area (Å²) in [5.74, 6) is 0.617. The lowest BCUT2D eigenvalue weighted by Gasteiger charge is -2.13. The Morgan fingerprint density at radius 2 is 2.29 bits per heavy atom. The van der Waals surface area contributed by atoms with Gasteiger partial charge in [0, 0.05) is 11.6 Å². The highest BCUT2D eigenvalue weighted by Gasteiger charge is 2.22. The molecule has 1 saturated heterocycles. The summed E-state index contributed by atoms with van der Waals surface area (Å²) in [4.78, 5) is 2.37. The Hall–Kier alpha value is -0.570. The molecule has 0 bridgehead atoms. The van der Waals surface area contributed by atoms with Gasteiger partial charge in [-0.05, 0) is 63.1 Å². The third kappa shape index (κ3) is 3.21. The largest absolute Gasteiger partial charge is 0.319 e. The minimum atomic E-state index is 0.617. The van der Waals surface area contributed by atoms with E-state index >= 15 is 0 Å². The van der Waals surface area contributed by atoms with Crippen LogP contribution in [0, 0.1) is 0 Å². The van der Waals surface area contributed by atoms with Crippen LogP contribution in [-0.4, -0.2) is 38.6 Å². The molecule has 1 aromatic carbocycles. The van der Waals surface area contributed by atoms with Crippen molar-refractivity contribution in [3.05, 3.63) is 34.3 Å². The van der Waals surface area contributed by atoms with E-state index in [0.29, 0.717) is 5.92 Å². The Morgan fingerprint density at radius 1 is 1.47 bits per heavy atom. The minimum absolute atomic E-state index is 0.617. The van der Waals surface area contributed by atoms with Gasteiger partial charge in [0.05, 0.1) is 0 Å². The lowest BCUT2D eigenvalue weighted by molar-refractivity contribution is 0.411. The van der Waals surface area contributed by atoms with E-state index in [0.717, 1.165) is 24.5 Å². The summed E-state index contributed by atoms with van der Waals surface area (Å²) < 4.78 is 0. The van der Waals surface area contributed by atoms with E-state index in [9.17, 15) is 0 Å². The first-order valence-corrected chi connectivity index (χ1v) is 6.70. The number of hydrogen-bond donors (Lipinski definition) is 1. The average Bonchev–Trinajstić information content (AvgIpc) is 2.73. The molecule has 1 N–H and O–H groups in total. The molecule has 2 nitrogen and oxygen atoms in total.